The van der Waals surface area contributed by atoms with E-state index in [1.54, 1.807) is 26.0 Å². The van der Waals surface area contributed by atoms with E-state index >= 15 is 0 Å². The van der Waals surface area contributed by atoms with Gasteiger partial charge in [-0.3, -0.25) is 4.79 Å². The molecule has 3 rings (SSSR count). The lowest BCUT2D eigenvalue weighted by atomic mass is 9.97. The zero-order valence-corrected chi connectivity index (χ0v) is 20.6. The highest BCUT2D eigenvalue weighted by Gasteiger charge is 2.35. The van der Waals surface area contributed by atoms with Gasteiger partial charge in [-0.25, -0.2) is 21.6 Å². The largest absolute Gasteiger partial charge is 0.360 e. The molecule has 1 aromatic carbocycles. The SMILES string of the molecule is CCCCNS(=O)(=O)c1cccc(NC(=O)C2CCN(S(=O)(=O)c3c(C)noc3C)CC2)c1. The number of amides is 1. The average Bonchev–Trinajstić information content (AvgIpc) is 3.13. The van der Waals surface area contributed by atoms with Gasteiger partial charge in [0.25, 0.3) is 0 Å². The number of carbonyl (C=O) groups is 1. The van der Waals surface area contributed by atoms with Crippen LogP contribution in [-0.4, -0.2) is 51.8 Å². The highest BCUT2D eigenvalue weighted by atomic mass is 32.2. The highest BCUT2D eigenvalue weighted by molar-refractivity contribution is 7.89. The first kappa shape index (κ1) is 25.3. The molecule has 10 nitrogen and oxygen atoms in total. The zero-order valence-electron chi connectivity index (χ0n) is 19.0. The maximum atomic E-state index is 12.9. The lowest BCUT2D eigenvalue weighted by Gasteiger charge is -2.30. The van der Waals surface area contributed by atoms with Gasteiger partial charge < -0.3 is 9.84 Å². The third kappa shape index (κ3) is 5.81. The van der Waals surface area contributed by atoms with Crippen molar-refractivity contribution in [3.63, 3.8) is 0 Å². The summed E-state index contributed by atoms with van der Waals surface area (Å²) in [7, 11) is -7.40. The molecule has 0 atom stereocenters. The molecule has 0 aliphatic carbocycles. The van der Waals surface area contributed by atoms with E-state index in [1.807, 2.05) is 6.92 Å². The van der Waals surface area contributed by atoms with Crippen LogP contribution in [0, 0.1) is 19.8 Å². The Morgan fingerprint density at radius 3 is 2.48 bits per heavy atom. The third-order valence-corrected chi connectivity index (χ3v) is 9.23. The van der Waals surface area contributed by atoms with E-state index < -0.39 is 20.0 Å². The van der Waals surface area contributed by atoms with Gasteiger partial charge in [-0.15, -0.1) is 0 Å². The van der Waals surface area contributed by atoms with Crippen LogP contribution in [0.25, 0.3) is 0 Å². The van der Waals surface area contributed by atoms with Crippen molar-refractivity contribution in [2.24, 2.45) is 5.92 Å². The molecule has 182 valence electrons. The van der Waals surface area contributed by atoms with E-state index in [4.69, 9.17) is 4.52 Å². The predicted molar refractivity (Wildman–Crippen MR) is 123 cm³/mol. The van der Waals surface area contributed by atoms with Crippen LogP contribution >= 0.6 is 0 Å². The second kappa shape index (κ2) is 10.3. The standard InChI is InChI=1S/C21H30N4O6S2/c1-4-5-11-22-32(27,28)19-8-6-7-18(14-19)23-21(26)17-9-12-25(13-10-17)33(29,30)20-15(2)24-31-16(20)3/h6-8,14,17,22H,4-5,9-13H2,1-3H3,(H,23,26). The molecule has 33 heavy (non-hydrogen) atoms. The van der Waals surface area contributed by atoms with Crippen molar-refractivity contribution >= 4 is 31.6 Å². The molecular weight excluding hydrogens is 468 g/mol. The molecule has 2 heterocycles. The second-order valence-corrected chi connectivity index (χ2v) is 11.7. The minimum absolute atomic E-state index is 0.0796. The summed E-state index contributed by atoms with van der Waals surface area (Å²) < 4.78 is 59.6. The van der Waals surface area contributed by atoms with E-state index in [-0.39, 0.29) is 40.5 Å². The van der Waals surface area contributed by atoms with Crippen LogP contribution in [0.3, 0.4) is 0 Å². The molecule has 1 amide bonds. The molecule has 12 heteroatoms. The van der Waals surface area contributed by atoms with E-state index in [2.05, 4.69) is 15.2 Å². The Morgan fingerprint density at radius 1 is 1.18 bits per heavy atom. The number of anilines is 1. The molecule has 1 aliphatic heterocycles. The van der Waals surface area contributed by atoms with Crippen molar-refractivity contribution in [1.82, 2.24) is 14.2 Å². The normalized spacial score (nSPS) is 16.1. The molecule has 1 fully saturated rings. The van der Waals surface area contributed by atoms with Gasteiger partial charge in [0.05, 0.1) is 4.90 Å². The molecule has 0 spiro atoms. The summed E-state index contributed by atoms with van der Waals surface area (Å²) in [4.78, 5) is 12.9. The number of aryl methyl sites for hydroxylation is 2. The fourth-order valence-corrected chi connectivity index (χ4v) is 6.66. The molecule has 2 aromatic rings. The fraction of sp³-hybridized carbons (Fsp3) is 0.524. The quantitative estimate of drug-likeness (QED) is 0.506. The maximum Gasteiger partial charge on any atom is 0.248 e. The smallest absolute Gasteiger partial charge is 0.248 e. The molecule has 1 aromatic heterocycles. The van der Waals surface area contributed by atoms with Gasteiger partial charge >= 0.3 is 0 Å². The maximum absolute atomic E-state index is 12.9. The minimum Gasteiger partial charge on any atom is -0.360 e. The van der Waals surface area contributed by atoms with Gasteiger partial charge in [0.15, 0.2) is 5.76 Å². The van der Waals surface area contributed by atoms with Crippen molar-refractivity contribution in [2.45, 2.75) is 56.2 Å². The number of sulfonamides is 2. The number of nitrogens with one attached hydrogen (secondary N) is 2. The lowest BCUT2D eigenvalue weighted by molar-refractivity contribution is -0.120. The fourth-order valence-electron chi connectivity index (χ4n) is 3.78. The van der Waals surface area contributed by atoms with E-state index in [1.165, 1.54) is 16.4 Å². The van der Waals surface area contributed by atoms with Crippen LogP contribution < -0.4 is 10.0 Å². The predicted octanol–water partition coefficient (Wildman–Crippen LogP) is 2.41. The second-order valence-electron chi connectivity index (χ2n) is 8.10. The Morgan fingerprint density at radius 2 is 1.88 bits per heavy atom. The third-order valence-electron chi connectivity index (χ3n) is 5.62. The van der Waals surface area contributed by atoms with Crippen molar-refractivity contribution in [1.29, 1.82) is 0 Å². The molecule has 0 radical (unpaired) electrons. The van der Waals surface area contributed by atoms with Crippen LogP contribution in [0.5, 0.6) is 0 Å². The van der Waals surface area contributed by atoms with Crippen molar-refractivity contribution in [3.05, 3.63) is 35.7 Å². The van der Waals surface area contributed by atoms with Gasteiger partial charge in [-0.2, -0.15) is 4.31 Å². The number of nitrogens with zero attached hydrogens (tertiary/aromatic N) is 2. The Labute approximate surface area is 194 Å². The number of unbranched alkanes of at least 4 members (excludes halogenated alkanes) is 1. The van der Waals surface area contributed by atoms with Crippen molar-refractivity contribution in [3.8, 4) is 0 Å². The summed E-state index contributed by atoms with van der Waals surface area (Å²) >= 11 is 0. The summed E-state index contributed by atoms with van der Waals surface area (Å²) in [5, 5.41) is 6.49. The summed E-state index contributed by atoms with van der Waals surface area (Å²) in [6.45, 7) is 5.85. The number of carbonyl (C=O) groups excluding carboxylic acids is 1. The topological polar surface area (TPSA) is 139 Å². The van der Waals surface area contributed by atoms with Gasteiger partial charge in [-0.1, -0.05) is 24.6 Å². The van der Waals surface area contributed by atoms with Crippen LogP contribution in [0.1, 0.15) is 44.1 Å². The monoisotopic (exact) mass is 498 g/mol. The highest BCUT2D eigenvalue weighted by Crippen LogP contribution is 2.28. The minimum atomic E-state index is -3.75. The molecule has 0 saturated carbocycles. The van der Waals surface area contributed by atoms with E-state index in [0.29, 0.717) is 30.8 Å². The Balaban J connectivity index is 1.62. The van der Waals surface area contributed by atoms with E-state index in [0.717, 1.165) is 12.8 Å². The molecule has 0 unspecified atom stereocenters. The molecule has 0 bridgehead atoms. The number of piperidine rings is 1. The molecule has 2 N–H and O–H groups in total. The number of hydrogen-bond donors (Lipinski definition) is 2. The van der Waals surface area contributed by atoms with Crippen molar-refractivity contribution < 1.29 is 26.2 Å². The van der Waals surface area contributed by atoms with Gasteiger partial charge in [0, 0.05) is 31.2 Å². The Kier molecular flexibility index (Phi) is 7.93. The van der Waals surface area contributed by atoms with Crippen LogP contribution in [-0.2, 0) is 24.8 Å². The number of rotatable bonds is 9. The number of benzene rings is 1. The average molecular weight is 499 g/mol. The zero-order chi connectivity index (χ0) is 24.2. The Bertz CT molecular complexity index is 1180. The van der Waals surface area contributed by atoms with Gasteiger partial charge in [-0.05, 0) is 51.3 Å². The number of aromatic nitrogens is 1. The number of hydrogen-bond acceptors (Lipinski definition) is 7. The summed E-state index contributed by atoms with van der Waals surface area (Å²) in [6.07, 6.45) is 2.31. The van der Waals surface area contributed by atoms with Crippen molar-refractivity contribution in [2.75, 3.05) is 25.0 Å². The van der Waals surface area contributed by atoms with Gasteiger partial charge in [0.1, 0.15) is 10.6 Å². The first-order valence-corrected chi connectivity index (χ1v) is 13.8. The van der Waals surface area contributed by atoms with Gasteiger partial charge in [0.2, 0.25) is 26.0 Å². The van der Waals surface area contributed by atoms with Crippen LogP contribution in [0.2, 0.25) is 0 Å². The Hall–Kier alpha value is -2.28. The summed E-state index contributed by atoms with van der Waals surface area (Å²) in [6, 6.07) is 6.09. The van der Waals surface area contributed by atoms with Crippen LogP contribution in [0.4, 0.5) is 5.69 Å². The molecular formula is C21H30N4O6S2. The first-order chi connectivity index (χ1) is 15.6. The lowest BCUT2D eigenvalue weighted by Crippen LogP contribution is -2.41. The molecule has 1 saturated heterocycles. The summed E-state index contributed by atoms with van der Waals surface area (Å²) in [5.74, 6) is -0.409. The summed E-state index contributed by atoms with van der Waals surface area (Å²) in [5.41, 5.74) is 0.690. The van der Waals surface area contributed by atoms with E-state index in [9.17, 15) is 21.6 Å². The first-order valence-electron chi connectivity index (χ1n) is 10.9. The molecule has 1 aliphatic rings. The van der Waals surface area contributed by atoms with Crippen LogP contribution in [0.15, 0.2) is 38.6 Å².